The maximum Gasteiger partial charge on any atom is 0.0195 e. The summed E-state index contributed by atoms with van der Waals surface area (Å²) >= 11 is 0. The first-order valence-electron chi connectivity index (χ1n) is 8.06. The van der Waals surface area contributed by atoms with Gasteiger partial charge in [-0.3, -0.25) is 9.80 Å². The van der Waals surface area contributed by atoms with Gasteiger partial charge in [0.05, 0.1) is 0 Å². The summed E-state index contributed by atoms with van der Waals surface area (Å²) in [5.74, 6) is 0. The molecule has 0 amide bonds. The van der Waals surface area contributed by atoms with Crippen LogP contribution in [-0.4, -0.2) is 98.1 Å². The lowest BCUT2D eigenvalue weighted by Crippen LogP contribution is -2.54. The van der Waals surface area contributed by atoms with Crippen LogP contribution in [0.15, 0.2) is 0 Å². The fraction of sp³-hybridized carbons (Fsp3) is 1.00. The summed E-state index contributed by atoms with van der Waals surface area (Å²) in [4.78, 5) is 10.4. The molecular weight excluding hydrogens is 236 g/mol. The highest BCUT2D eigenvalue weighted by molar-refractivity contribution is 4.79. The summed E-state index contributed by atoms with van der Waals surface area (Å²) in [5.41, 5.74) is 0. The highest BCUT2D eigenvalue weighted by Crippen LogP contribution is 2.09. The molecule has 4 nitrogen and oxygen atoms in total. The van der Waals surface area contributed by atoms with E-state index in [1.807, 2.05) is 0 Å². The van der Waals surface area contributed by atoms with Crippen molar-refractivity contribution < 1.29 is 0 Å². The Kier molecular flexibility index (Phi) is 6.07. The molecule has 4 heteroatoms. The fourth-order valence-electron chi connectivity index (χ4n) is 3.26. The molecule has 1 unspecified atom stereocenters. The van der Waals surface area contributed by atoms with E-state index in [9.17, 15) is 0 Å². The summed E-state index contributed by atoms with van der Waals surface area (Å²) in [6, 6.07) is 0.714. The van der Waals surface area contributed by atoms with Gasteiger partial charge in [0.1, 0.15) is 0 Å². The Morgan fingerprint density at radius 1 is 0.842 bits per heavy atom. The summed E-state index contributed by atoms with van der Waals surface area (Å²) in [6.45, 7) is 17.2. The zero-order valence-corrected chi connectivity index (χ0v) is 13.1. The standard InChI is InChI=1S/C15H32N4/c1-4-5-17-8-10-18(11-9-17)14-15(2)19-12-6-16(3)7-13-19/h15H,4-14H2,1-3H3. The van der Waals surface area contributed by atoms with E-state index in [0.29, 0.717) is 6.04 Å². The van der Waals surface area contributed by atoms with Crippen LogP contribution in [0.25, 0.3) is 0 Å². The average Bonchev–Trinajstić information content (AvgIpc) is 2.42. The van der Waals surface area contributed by atoms with Crippen LogP contribution in [0.2, 0.25) is 0 Å². The first-order valence-corrected chi connectivity index (χ1v) is 8.06. The quantitative estimate of drug-likeness (QED) is 0.726. The molecule has 2 heterocycles. The van der Waals surface area contributed by atoms with Gasteiger partial charge in [-0.05, 0) is 26.9 Å². The van der Waals surface area contributed by atoms with Gasteiger partial charge in [-0.15, -0.1) is 0 Å². The van der Waals surface area contributed by atoms with E-state index in [2.05, 4.69) is 40.5 Å². The molecule has 0 aliphatic carbocycles. The molecule has 0 N–H and O–H groups in total. The molecular formula is C15H32N4. The number of nitrogens with zero attached hydrogens (tertiary/aromatic N) is 4. The molecule has 19 heavy (non-hydrogen) atoms. The van der Waals surface area contributed by atoms with Gasteiger partial charge in [0.25, 0.3) is 0 Å². The molecule has 0 aromatic heterocycles. The van der Waals surface area contributed by atoms with Crippen molar-refractivity contribution in [3.63, 3.8) is 0 Å². The van der Waals surface area contributed by atoms with E-state index in [-0.39, 0.29) is 0 Å². The molecule has 2 aliphatic heterocycles. The van der Waals surface area contributed by atoms with Crippen molar-refractivity contribution in [2.75, 3.05) is 72.5 Å². The van der Waals surface area contributed by atoms with Crippen molar-refractivity contribution in [3.8, 4) is 0 Å². The lowest BCUT2D eigenvalue weighted by atomic mass is 10.2. The van der Waals surface area contributed by atoms with Gasteiger partial charge in [0.15, 0.2) is 0 Å². The number of hydrogen-bond donors (Lipinski definition) is 0. The van der Waals surface area contributed by atoms with Gasteiger partial charge in [-0.2, -0.15) is 0 Å². The van der Waals surface area contributed by atoms with E-state index < -0.39 is 0 Å². The van der Waals surface area contributed by atoms with Crippen molar-refractivity contribution in [2.45, 2.75) is 26.3 Å². The minimum absolute atomic E-state index is 0.714. The van der Waals surface area contributed by atoms with Crippen LogP contribution in [-0.2, 0) is 0 Å². The van der Waals surface area contributed by atoms with Crippen molar-refractivity contribution in [3.05, 3.63) is 0 Å². The second kappa shape index (κ2) is 7.58. The molecule has 2 saturated heterocycles. The number of hydrogen-bond acceptors (Lipinski definition) is 4. The summed E-state index contributed by atoms with van der Waals surface area (Å²) < 4.78 is 0. The van der Waals surface area contributed by atoms with Crippen LogP contribution >= 0.6 is 0 Å². The van der Waals surface area contributed by atoms with Crippen LogP contribution in [0, 0.1) is 0 Å². The highest BCUT2D eigenvalue weighted by Gasteiger charge is 2.23. The molecule has 1 atom stereocenters. The predicted molar refractivity (Wildman–Crippen MR) is 81.7 cm³/mol. The van der Waals surface area contributed by atoms with Gasteiger partial charge in [0, 0.05) is 64.9 Å². The van der Waals surface area contributed by atoms with Crippen LogP contribution < -0.4 is 0 Å². The summed E-state index contributed by atoms with van der Waals surface area (Å²) in [6.07, 6.45) is 1.29. The van der Waals surface area contributed by atoms with Crippen LogP contribution in [0.5, 0.6) is 0 Å². The maximum absolute atomic E-state index is 2.67. The van der Waals surface area contributed by atoms with E-state index >= 15 is 0 Å². The molecule has 112 valence electrons. The Bertz CT molecular complexity index is 243. The SMILES string of the molecule is CCCN1CCN(CC(C)N2CCN(C)CC2)CC1. The van der Waals surface area contributed by atoms with Gasteiger partial charge < -0.3 is 9.80 Å². The lowest BCUT2D eigenvalue weighted by molar-refractivity contribution is 0.0709. The molecule has 0 aromatic carbocycles. The number of piperazine rings is 2. The first kappa shape index (κ1) is 15.2. The van der Waals surface area contributed by atoms with E-state index in [1.165, 1.54) is 71.9 Å². The maximum atomic E-state index is 2.67. The Hall–Kier alpha value is -0.160. The van der Waals surface area contributed by atoms with Crippen LogP contribution in [0.4, 0.5) is 0 Å². The van der Waals surface area contributed by atoms with Gasteiger partial charge in [0.2, 0.25) is 0 Å². The Labute approximate surface area is 119 Å². The first-order chi connectivity index (χ1) is 9.19. The minimum Gasteiger partial charge on any atom is -0.304 e. The Morgan fingerprint density at radius 2 is 1.42 bits per heavy atom. The van der Waals surface area contributed by atoms with Gasteiger partial charge in [-0.25, -0.2) is 0 Å². The zero-order chi connectivity index (χ0) is 13.7. The third kappa shape index (κ3) is 4.71. The van der Waals surface area contributed by atoms with Crippen molar-refractivity contribution in [2.24, 2.45) is 0 Å². The third-order valence-electron chi connectivity index (χ3n) is 4.69. The van der Waals surface area contributed by atoms with E-state index in [0.717, 1.165) is 0 Å². The predicted octanol–water partition coefficient (Wildman–Crippen LogP) is 0.650. The van der Waals surface area contributed by atoms with Crippen molar-refractivity contribution in [1.82, 2.24) is 19.6 Å². The molecule has 2 aliphatic rings. The Morgan fingerprint density at radius 3 is 2.00 bits per heavy atom. The van der Waals surface area contributed by atoms with Crippen LogP contribution in [0.1, 0.15) is 20.3 Å². The van der Waals surface area contributed by atoms with E-state index in [4.69, 9.17) is 0 Å². The molecule has 0 aromatic rings. The normalized spacial score (nSPS) is 26.7. The lowest BCUT2D eigenvalue weighted by Gasteiger charge is -2.40. The molecule has 0 spiro atoms. The second-order valence-electron chi connectivity index (χ2n) is 6.33. The number of rotatable bonds is 5. The third-order valence-corrected chi connectivity index (χ3v) is 4.69. The molecule has 0 bridgehead atoms. The van der Waals surface area contributed by atoms with Gasteiger partial charge >= 0.3 is 0 Å². The van der Waals surface area contributed by atoms with Gasteiger partial charge in [-0.1, -0.05) is 6.92 Å². The molecule has 0 saturated carbocycles. The minimum atomic E-state index is 0.714. The second-order valence-corrected chi connectivity index (χ2v) is 6.33. The summed E-state index contributed by atoms with van der Waals surface area (Å²) in [7, 11) is 2.23. The summed E-state index contributed by atoms with van der Waals surface area (Å²) in [5, 5.41) is 0. The number of likely N-dealkylation sites (N-methyl/N-ethyl adjacent to an activating group) is 1. The van der Waals surface area contributed by atoms with E-state index in [1.54, 1.807) is 0 Å². The van der Waals surface area contributed by atoms with Crippen LogP contribution in [0.3, 0.4) is 0 Å². The smallest absolute Gasteiger partial charge is 0.0195 e. The molecule has 2 rings (SSSR count). The highest BCUT2D eigenvalue weighted by atomic mass is 15.3. The topological polar surface area (TPSA) is 13.0 Å². The fourth-order valence-corrected chi connectivity index (χ4v) is 3.26. The zero-order valence-electron chi connectivity index (χ0n) is 13.1. The molecule has 0 radical (unpaired) electrons. The van der Waals surface area contributed by atoms with Crippen molar-refractivity contribution in [1.29, 1.82) is 0 Å². The Balaban J connectivity index is 1.67. The monoisotopic (exact) mass is 268 g/mol. The van der Waals surface area contributed by atoms with Crippen molar-refractivity contribution >= 4 is 0 Å². The molecule has 2 fully saturated rings. The largest absolute Gasteiger partial charge is 0.304 e. The average molecular weight is 268 g/mol.